The van der Waals surface area contributed by atoms with E-state index in [-0.39, 0.29) is 13.2 Å². The van der Waals surface area contributed by atoms with Gasteiger partial charge >= 0.3 is 10.8 Å². The highest BCUT2D eigenvalue weighted by Gasteiger charge is 2.55. The first-order valence-corrected chi connectivity index (χ1v) is 5.21. The van der Waals surface area contributed by atoms with Gasteiger partial charge in [-0.2, -0.15) is 17.6 Å². The molecular weight excluding hydrogens is 284 g/mol. The van der Waals surface area contributed by atoms with E-state index in [0.717, 1.165) is 0 Å². The predicted octanol–water partition coefficient (Wildman–Crippen LogP) is 3.40. The van der Waals surface area contributed by atoms with Crippen LogP contribution in [-0.2, 0) is 9.47 Å². The molecule has 0 spiro atoms. The van der Waals surface area contributed by atoms with E-state index in [1.165, 1.54) is 0 Å². The molecule has 0 atom stereocenters. The topological polar surface area (TPSA) is 18.5 Å². The highest BCUT2D eigenvalue weighted by Crippen LogP contribution is 2.42. The number of rotatable bonds is 7. The van der Waals surface area contributed by atoms with Crippen molar-refractivity contribution in [3.8, 4) is 0 Å². The second kappa shape index (κ2) is 6.00. The molecule has 0 saturated heterocycles. The first-order chi connectivity index (χ1) is 6.74. The third-order valence-electron chi connectivity index (χ3n) is 1.54. The molecule has 2 nitrogen and oxygen atoms in total. The third kappa shape index (κ3) is 5.12. The van der Waals surface area contributed by atoms with Crippen molar-refractivity contribution in [2.75, 3.05) is 13.2 Å². The van der Waals surface area contributed by atoms with Crippen molar-refractivity contribution in [2.24, 2.45) is 0 Å². The first kappa shape index (κ1) is 15.1. The maximum atomic E-state index is 12.9. The van der Waals surface area contributed by atoms with Crippen molar-refractivity contribution in [1.82, 2.24) is 0 Å². The Morgan fingerprint density at radius 3 is 1.73 bits per heavy atom. The zero-order chi connectivity index (χ0) is 12.1. The Hall–Kier alpha value is 0.120. The van der Waals surface area contributed by atoms with Crippen molar-refractivity contribution in [3.05, 3.63) is 0 Å². The number of ether oxygens (including phenoxy) is 2. The van der Waals surface area contributed by atoms with Crippen LogP contribution in [-0.4, -0.2) is 30.3 Å². The van der Waals surface area contributed by atoms with Gasteiger partial charge in [-0.3, -0.25) is 0 Å². The molecule has 0 aromatic carbocycles. The minimum Gasteiger partial charge on any atom is -0.353 e. The molecule has 0 aliphatic rings. The lowest BCUT2D eigenvalue weighted by atomic mass is 10.2. The van der Waals surface area contributed by atoms with Gasteiger partial charge in [-0.15, -0.1) is 0 Å². The number of halogens is 5. The van der Waals surface area contributed by atoms with Crippen LogP contribution in [0.3, 0.4) is 0 Å². The van der Waals surface area contributed by atoms with E-state index in [1.807, 2.05) is 0 Å². The minimum atomic E-state index is -4.26. The average molecular weight is 297 g/mol. The fourth-order valence-corrected chi connectivity index (χ4v) is 1.02. The van der Waals surface area contributed by atoms with E-state index < -0.39 is 23.5 Å². The zero-order valence-corrected chi connectivity index (χ0v) is 9.99. The van der Waals surface area contributed by atoms with Gasteiger partial charge in [0.1, 0.15) is 0 Å². The Bertz CT molecular complexity index is 178. The molecule has 0 aromatic heterocycles. The van der Waals surface area contributed by atoms with Crippen LogP contribution in [0, 0.1) is 0 Å². The molecule has 7 heteroatoms. The molecule has 15 heavy (non-hydrogen) atoms. The van der Waals surface area contributed by atoms with Crippen LogP contribution in [0.15, 0.2) is 0 Å². The van der Waals surface area contributed by atoms with Gasteiger partial charge in [0.05, 0.1) is 6.42 Å². The van der Waals surface area contributed by atoms with E-state index >= 15 is 0 Å². The SMILES string of the molecule is CCOC(CC(F)(F)C(F)(F)Br)OCC. The van der Waals surface area contributed by atoms with Crippen LogP contribution >= 0.6 is 15.9 Å². The Labute approximate surface area is 94.1 Å². The molecule has 0 bridgehead atoms. The van der Waals surface area contributed by atoms with E-state index in [0.29, 0.717) is 0 Å². The van der Waals surface area contributed by atoms with E-state index in [2.05, 4.69) is 0 Å². The molecule has 0 saturated carbocycles. The molecule has 0 rings (SSSR count). The lowest BCUT2D eigenvalue weighted by Crippen LogP contribution is -2.39. The normalized spacial score (nSPS) is 13.6. The Kier molecular flexibility index (Phi) is 6.05. The van der Waals surface area contributed by atoms with Crippen molar-refractivity contribution in [2.45, 2.75) is 37.3 Å². The summed E-state index contributed by atoms with van der Waals surface area (Å²) in [6, 6.07) is 0. The van der Waals surface area contributed by atoms with Crippen molar-refractivity contribution in [3.63, 3.8) is 0 Å². The van der Waals surface area contributed by atoms with Gasteiger partial charge in [0.2, 0.25) is 0 Å². The Balaban J connectivity index is 4.37. The summed E-state index contributed by atoms with van der Waals surface area (Å²) in [5, 5.41) is 0. The van der Waals surface area contributed by atoms with Gasteiger partial charge < -0.3 is 9.47 Å². The molecule has 0 radical (unpaired) electrons. The summed E-state index contributed by atoms with van der Waals surface area (Å²) in [7, 11) is 0. The van der Waals surface area contributed by atoms with Crippen LogP contribution in [0.5, 0.6) is 0 Å². The minimum absolute atomic E-state index is 0.120. The number of hydrogen-bond acceptors (Lipinski definition) is 2. The molecule has 0 aliphatic carbocycles. The molecule has 0 aliphatic heterocycles. The fraction of sp³-hybridized carbons (Fsp3) is 1.00. The van der Waals surface area contributed by atoms with Crippen LogP contribution < -0.4 is 0 Å². The van der Waals surface area contributed by atoms with Gasteiger partial charge in [0.15, 0.2) is 6.29 Å². The first-order valence-electron chi connectivity index (χ1n) is 4.42. The van der Waals surface area contributed by atoms with Crippen LogP contribution in [0.25, 0.3) is 0 Å². The van der Waals surface area contributed by atoms with Gasteiger partial charge in [0, 0.05) is 13.2 Å². The van der Waals surface area contributed by atoms with Gasteiger partial charge in [-0.25, -0.2) is 0 Å². The van der Waals surface area contributed by atoms with Crippen molar-refractivity contribution < 1.29 is 27.0 Å². The molecule has 0 N–H and O–H groups in total. The Morgan fingerprint density at radius 2 is 1.47 bits per heavy atom. The monoisotopic (exact) mass is 296 g/mol. The van der Waals surface area contributed by atoms with E-state index in [1.54, 1.807) is 29.8 Å². The highest BCUT2D eigenvalue weighted by molar-refractivity contribution is 9.10. The lowest BCUT2D eigenvalue weighted by Gasteiger charge is -2.26. The van der Waals surface area contributed by atoms with Crippen LogP contribution in [0.2, 0.25) is 0 Å². The molecular formula is C8H13BrF4O2. The van der Waals surface area contributed by atoms with Crippen molar-refractivity contribution >= 4 is 15.9 Å². The second-order valence-electron chi connectivity index (χ2n) is 2.75. The molecule has 0 unspecified atom stereocenters. The van der Waals surface area contributed by atoms with Gasteiger partial charge in [-0.1, -0.05) is 0 Å². The summed E-state index contributed by atoms with van der Waals surface area (Å²) >= 11 is 1.64. The van der Waals surface area contributed by atoms with Crippen LogP contribution in [0.1, 0.15) is 20.3 Å². The zero-order valence-electron chi connectivity index (χ0n) is 8.40. The Morgan fingerprint density at radius 1 is 1.07 bits per heavy atom. The standard InChI is InChI=1S/C8H13BrF4O2/c1-3-14-6(15-4-2)5-7(10,11)8(9,12)13/h6H,3-5H2,1-2H3. The van der Waals surface area contributed by atoms with Gasteiger partial charge in [-0.05, 0) is 29.8 Å². The molecule has 0 amide bonds. The smallest absolute Gasteiger partial charge is 0.353 e. The number of hydrogen-bond donors (Lipinski definition) is 0. The van der Waals surface area contributed by atoms with E-state index in [4.69, 9.17) is 9.47 Å². The summed E-state index contributed by atoms with van der Waals surface area (Å²) in [6.07, 6.45) is -2.51. The largest absolute Gasteiger partial charge is 0.363 e. The van der Waals surface area contributed by atoms with Gasteiger partial charge in [0.25, 0.3) is 0 Å². The highest BCUT2D eigenvalue weighted by atomic mass is 79.9. The maximum Gasteiger partial charge on any atom is 0.363 e. The molecule has 0 heterocycles. The lowest BCUT2D eigenvalue weighted by molar-refractivity contribution is -0.218. The summed E-state index contributed by atoms with van der Waals surface area (Å²) in [5.74, 6) is -4.21. The van der Waals surface area contributed by atoms with Crippen molar-refractivity contribution in [1.29, 1.82) is 0 Å². The summed E-state index contributed by atoms with van der Waals surface area (Å²) < 4.78 is 60.0. The second-order valence-corrected chi connectivity index (χ2v) is 3.74. The molecule has 0 fully saturated rings. The van der Waals surface area contributed by atoms with Crippen LogP contribution in [0.4, 0.5) is 17.6 Å². The average Bonchev–Trinajstić information content (AvgIpc) is 2.02. The summed E-state index contributed by atoms with van der Waals surface area (Å²) in [4.78, 5) is -4.26. The molecule has 0 aromatic rings. The predicted molar refractivity (Wildman–Crippen MR) is 50.5 cm³/mol. The quantitative estimate of drug-likeness (QED) is 0.407. The van der Waals surface area contributed by atoms with E-state index in [9.17, 15) is 17.6 Å². The maximum absolute atomic E-state index is 12.9. The summed E-state index contributed by atoms with van der Waals surface area (Å²) in [5.41, 5.74) is 0. The molecule has 92 valence electrons. The summed E-state index contributed by atoms with van der Waals surface area (Å²) in [6.45, 7) is 3.37. The third-order valence-corrected chi connectivity index (χ3v) is 2.12. The number of alkyl halides is 5. The fourth-order valence-electron chi connectivity index (χ4n) is 0.863.